The first-order valence-electron chi connectivity index (χ1n) is 10.6. The molecule has 9 heteroatoms. The van der Waals surface area contributed by atoms with Gasteiger partial charge in [-0.2, -0.15) is 0 Å². The highest BCUT2D eigenvalue weighted by atomic mass is 16.5. The Morgan fingerprint density at radius 2 is 1.97 bits per heavy atom. The van der Waals surface area contributed by atoms with E-state index in [1.807, 2.05) is 40.7 Å². The Bertz CT molecular complexity index is 1080. The molecule has 2 aliphatic rings. The second-order valence-electron chi connectivity index (χ2n) is 8.43. The van der Waals surface area contributed by atoms with Crippen LogP contribution in [0.15, 0.2) is 36.9 Å². The molecule has 2 unspecified atom stereocenters. The Hall–Kier alpha value is -3.20. The summed E-state index contributed by atoms with van der Waals surface area (Å²) in [7, 11) is 1.69. The van der Waals surface area contributed by atoms with E-state index < -0.39 is 0 Å². The fourth-order valence-electron chi connectivity index (χ4n) is 4.71. The molecule has 2 aliphatic heterocycles. The van der Waals surface area contributed by atoms with E-state index in [-0.39, 0.29) is 6.03 Å². The Morgan fingerprint density at radius 3 is 2.71 bits per heavy atom. The summed E-state index contributed by atoms with van der Waals surface area (Å²) in [5, 5.41) is 3.03. The van der Waals surface area contributed by atoms with Crippen LogP contribution in [0.1, 0.15) is 5.56 Å². The van der Waals surface area contributed by atoms with E-state index in [0.29, 0.717) is 25.0 Å². The number of benzene rings is 1. The summed E-state index contributed by atoms with van der Waals surface area (Å²) in [5.41, 5.74) is 3.63. The van der Waals surface area contributed by atoms with Crippen molar-refractivity contribution in [2.75, 3.05) is 50.1 Å². The van der Waals surface area contributed by atoms with Crippen molar-refractivity contribution < 1.29 is 9.53 Å². The SMILES string of the molecule is COCCn1cnc2c(N3CC4CN(C(=O)Nc5cccc(C)c5)CC4C3)ncnc21. The minimum atomic E-state index is -0.0205. The van der Waals surface area contributed by atoms with Crippen LogP contribution in [0.25, 0.3) is 11.2 Å². The second-order valence-corrected chi connectivity index (χ2v) is 8.43. The predicted octanol–water partition coefficient (Wildman–Crippen LogP) is 2.38. The monoisotopic (exact) mass is 421 g/mol. The highest BCUT2D eigenvalue weighted by molar-refractivity contribution is 5.89. The van der Waals surface area contributed by atoms with Gasteiger partial charge in [0.2, 0.25) is 0 Å². The number of hydrogen-bond donors (Lipinski definition) is 1. The standard InChI is InChI=1S/C22H27N7O2/c1-15-4-3-5-18(8-15)26-22(30)29-11-16-9-28(10-17(16)12-29)21-19-20(23-13-24-21)27(14-25-19)6-7-31-2/h3-5,8,13-14,16-17H,6-7,9-12H2,1-2H3,(H,26,30). The predicted molar refractivity (Wildman–Crippen MR) is 118 cm³/mol. The Labute approximate surface area is 181 Å². The molecule has 4 heterocycles. The highest BCUT2D eigenvalue weighted by Crippen LogP contribution is 2.35. The summed E-state index contributed by atoms with van der Waals surface area (Å²) >= 11 is 0. The Morgan fingerprint density at radius 1 is 1.16 bits per heavy atom. The second kappa shape index (κ2) is 8.14. The summed E-state index contributed by atoms with van der Waals surface area (Å²) in [6.45, 7) is 6.60. The average molecular weight is 422 g/mol. The molecule has 2 amide bonds. The number of carbonyl (C=O) groups is 1. The van der Waals surface area contributed by atoms with Crippen molar-refractivity contribution in [1.29, 1.82) is 0 Å². The molecule has 0 radical (unpaired) electrons. The van der Waals surface area contributed by atoms with Gasteiger partial charge in [0.15, 0.2) is 17.0 Å². The molecule has 0 bridgehead atoms. The first kappa shape index (κ1) is 19.7. The first-order chi connectivity index (χ1) is 15.1. The van der Waals surface area contributed by atoms with Crippen LogP contribution in [0.3, 0.4) is 0 Å². The lowest BCUT2D eigenvalue weighted by molar-refractivity contribution is 0.188. The fourth-order valence-corrected chi connectivity index (χ4v) is 4.71. The van der Waals surface area contributed by atoms with Crippen molar-refractivity contribution >= 4 is 28.7 Å². The maximum Gasteiger partial charge on any atom is 0.321 e. The molecule has 2 atom stereocenters. The van der Waals surface area contributed by atoms with Crippen molar-refractivity contribution in [3.05, 3.63) is 42.5 Å². The van der Waals surface area contributed by atoms with Gasteiger partial charge in [-0.1, -0.05) is 12.1 Å². The number of aryl methyl sites for hydroxylation is 1. The number of aromatic nitrogens is 4. The number of ether oxygens (including phenoxy) is 1. The van der Waals surface area contributed by atoms with Gasteiger partial charge in [0, 0.05) is 57.4 Å². The van der Waals surface area contributed by atoms with Gasteiger partial charge in [0.1, 0.15) is 6.33 Å². The summed E-state index contributed by atoms with van der Waals surface area (Å²) in [5.74, 6) is 1.75. The van der Waals surface area contributed by atoms with Gasteiger partial charge < -0.3 is 24.4 Å². The highest BCUT2D eigenvalue weighted by Gasteiger charge is 2.42. The zero-order valence-corrected chi connectivity index (χ0v) is 17.9. The molecule has 5 rings (SSSR count). The number of likely N-dealkylation sites (tertiary alicyclic amines) is 1. The molecule has 2 fully saturated rings. The number of nitrogens with zero attached hydrogens (tertiary/aromatic N) is 6. The van der Waals surface area contributed by atoms with E-state index in [4.69, 9.17) is 4.74 Å². The molecule has 1 N–H and O–H groups in total. The number of carbonyl (C=O) groups excluding carboxylic acids is 1. The van der Waals surface area contributed by atoms with E-state index in [9.17, 15) is 4.79 Å². The van der Waals surface area contributed by atoms with Gasteiger partial charge in [-0.15, -0.1) is 0 Å². The number of anilines is 2. The van der Waals surface area contributed by atoms with Gasteiger partial charge in [-0.05, 0) is 24.6 Å². The number of hydrogen-bond acceptors (Lipinski definition) is 6. The summed E-state index contributed by atoms with van der Waals surface area (Å²) < 4.78 is 7.18. The normalized spacial score (nSPS) is 20.5. The van der Waals surface area contributed by atoms with E-state index in [0.717, 1.165) is 54.4 Å². The van der Waals surface area contributed by atoms with Crippen LogP contribution in [0.5, 0.6) is 0 Å². The van der Waals surface area contributed by atoms with Crippen molar-refractivity contribution in [2.24, 2.45) is 11.8 Å². The molecule has 0 aliphatic carbocycles. The van der Waals surface area contributed by atoms with Crippen LogP contribution in [-0.2, 0) is 11.3 Å². The van der Waals surface area contributed by atoms with Crippen molar-refractivity contribution in [3.63, 3.8) is 0 Å². The Balaban J connectivity index is 1.25. The van der Waals surface area contributed by atoms with E-state index in [2.05, 4.69) is 25.2 Å². The average Bonchev–Trinajstić information content (AvgIpc) is 3.45. The third kappa shape index (κ3) is 3.81. The quantitative estimate of drug-likeness (QED) is 0.681. The van der Waals surface area contributed by atoms with Crippen LogP contribution < -0.4 is 10.2 Å². The molecule has 3 aromatic rings. The summed E-state index contributed by atoms with van der Waals surface area (Å²) in [4.78, 5) is 30.5. The minimum Gasteiger partial charge on any atom is -0.383 e. The molecule has 31 heavy (non-hydrogen) atoms. The van der Waals surface area contributed by atoms with E-state index in [1.54, 1.807) is 19.8 Å². The topological polar surface area (TPSA) is 88.4 Å². The molecular formula is C22H27N7O2. The summed E-state index contributed by atoms with van der Waals surface area (Å²) in [6, 6.07) is 7.88. The smallest absolute Gasteiger partial charge is 0.321 e. The zero-order chi connectivity index (χ0) is 21.4. The van der Waals surface area contributed by atoms with Crippen LogP contribution in [0, 0.1) is 18.8 Å². The van der Waals surface area contributed by atoms with Crippen LogP contribution in [0.2, 0.25) is 0 Å². The molecule has 162 valence electrons. The molecule has 0 spiro atoms. The number of methoxy groups -OCH3 is 1. The number of amides is 2. The first-order valence-corrected chi connectivity index (χ1v) is 10.6. The number of urea groups is 1. The third-order valence-corrected chi connectivity index (χ3v) is 6.26. The van der Waals surface area contributed by atoms with E-state index >= 15 is 0 Å². The lowest BCUT2D eigenvalue weighted by atomic mass is 10.0. The van der Waals surface area contributed by atoms with Crippen LogP contribution >= 0.6 is 0 Å². The number of fused-ring (bicyclic) bond motifs is 2. The van der Waals surface area contributed by atoms with Crippen molar-refractivity contribution in [3.8, 4) is 0 Å². The molecular weight excluding hydrogens is 394 g/mol. The van der Waals surface area contributed by atoms with Crippen molar-refractivity contribution in [1.82, 2.24) is 24.4 Å². The Kier molecular flexibility index (Phi) is 5.19. The lowest BCUT2D eigenvalue weighted by Gasteiger charge is -2.23. The zero-order valence-electron chi connectivity index (χ0n) is 17.9. The van der Waals surface area contributed by atoms with Gasteiger partial charge in [-0.25, -0.2) is 19.7 Å². The molecule has 0 saturated carbocycles. The van der Waals surface area contributed by atoms with Gasteiger partial charge in [-0.3, -0.25) is 0 Å². The number of rotatable bonds is 5. The van der Waals surface area contributed by atoms with Gasteiger partial charge in [0.05, 0.1) is 12.9 Å². The van der Waals surface area contributed by atoms with Gasteiger partial charge in [0.25, 0.3) is 0 Å². The van der Waals surface area contributed by atoms with Crippen LogP contribution in [-0.4, -0.2) is 70.3 Å². The largest absolute Gasteiger partial charge is 0.383 e. The lowest BCUT2D eigenvalue weighted by Crippen LogP contribution is -2.36. The number of nitrogens with one attached hydrogen (secondary N) is 1. The molecule has 1 aromatic carbocycles. The summed E-state index contributed by atoms with van der Waals surface area (Å²) in [6.07, 6.45) is 3.41. The fraction of sp³-hybridized carbons (Fsp3) is 0.455. The molecule has 9 nitrogen and oxygen atoms in total. The maximum absolute atomic E-state index is 12.7. The van der Waals surface area contributed by atoms with Crippen LogP contribution in [0.4, 0.5) is 16.3 Å². The molecule has 2 aromatic heterocycles. The van der Waals surface area contributed by atoms with E-state index in [1.165, 1.54) is 0 Å². The maximum atomic E-state index is 12.7. The third-order valence-electron chi connectivity index (χ3n) is 6.26. The molecule has 2 saturated heterocycles. The van der Waals surface area contributed by atoms with Gasteiger partial charge >= 0.3 is 6.03 Å². The van der Waals surface area contributed by atoms with Crippen molar-refractivity contribution in [2.45, 2.75) is 13.5 Å². The minimum absolute atomic E-state index is 0.0205. The number of imidazole rings is 1.